The average Bonchev–Trinajstić information content (AvgIpc) is 3.10. The molecule has 2 rings (SSSR count). The summed E-state index contributed by atoms with van der Waals surface area (Å²) in [7, 11) is 0. The van der Waals surface area contributed by atoms with Crippen LogP contribution >= 0.6 is 27.5 Å². The quantitative estimate of drug-likeness (QED) is 0.848. The second kappa shape index (κ2) is 6.59. The van der Waals surface area contributed by atoms with Crippen LogP contribution in [0.2, 0.25) is 5.02 Å². The predicted molar refractivity (Wildman–Crippen MR) is 82.7 cm³/mol. The highest BCUT2D eigenvalue weighted by Gasteiger charge is 2.38. The molecule has 2 atom stereocenters. The number of amides is 2. The van der Waals surface area contributed by atoms with Crippen LogP contribution in [0.15, 0.2) is 22.7 Å². The smallest absolute Gasteiger partial charge is 0.226 e. The fourth-order valence-electron chi connectivity index (χ4n) is 1.92. The third-order valence-corrected chi connectivity index (χ3v) is 4.11. The van der Waals surface area contributed by atoms with Gasteiger partial charge >= 0.3 is 0 Å². The summed E-state index contributed by atoms with van der Waals surface area (Å²) in [6.45, 7) is 2.40. The molecule has 1 saturated carbocycles. The van der Waals surface area contributed by atoms with E-state index in [2.05, 4.69) is 26.6 Å². The summed E-state index contributed by atoms with van der Waals surface area (Å²) in [5, 5.41) is 5.97. The zero-order valence-electron chi connectivity index (χ0n) is 11.1. The molecule has 1 aromatic carbocycles. The Morgan fingerprint density at radius 3 is 2.75 bits per heavy atom. The van der Waals surface area contributed by atoms with Crippen molar-refractivity contribution in [1.82, 2.24) is 5.32 Å². The number of benzene rings is 1. The molecule has 2 N–H and O–H groups in total. The van der Waals surface area contributed by atoms with Gasteiger partial charge in [0.1, 0.15) is 0 Å². The monoisotopic (exact) mass is 358 g/mol. The second-order valence-electron chi connectivity index (χ2n) is 5.03. The number of hydrogen-bond acceptors (Lipinski definition) is 2. The Bertz CT molecular complexity index is 536. The lowest BCUT2D eigenvalue weighted by atomic mass is 10.3. The second-order valence-corrected chi connectivity index (χ2v) is 6.36. The van der Waals surface area contributed by atoms with Gasteiger partial charge in [-0.15, -0.1) is 0 Å². The number of anilines is 1. The molecule has 1 aliphatic carbocycles. The molecular formula is C14H16BrClN2O2. The van der Waals surface area contributed by atoms with Crippen molar-refractivity contribution in [1.29, 1.82) is 0 Å². The molecule has 20 heavy (non-hydrogen) atoms. The van der Waals surface area contributed by atoms with Gasteiger partial charge in [-0.1, -0.05) is 34.5 Å². The summed E-state index contributed by atoms with van der Waals surface area (Å²) >= 11 is 9.31. The van der Waals surface area contributed by atoms with E-state index in [1.54, 1.807) is 18.2 Å². The highest BCUT2D eigenvalue weighted by atomic mass is 79.9. The van der Waals surface area contributed by atoms with Crippen LogP contribution in [0.25, 0.3) is 0 Å². The fraction of sp³-hybridized carbons (Fsp3) is 0.429. The van der Waals surface area contributed by atoms with E-state index >= 15 is 0 Å². The molecule has 0 aromatic heterocycles. The minimum Gasteiger partial charge on any atom is -0.355 e. The van der Waals surface area contributed by atoms with E-state index < -0.39 is 0 Å². The predicted octanol–water partition coefficient (Wildman–Crippen LogP) is 3.20. The first-order chi connectivity index (χ1) is 9.47. The van der Waals surface area contributed by atoms with Crippen LogP contribution in [0.3, 0.4) is 0 Å². The zero-order valence-corrected chi connectivity index (χ0v) is 13.4. The van der Waals surface area contributed by atoms with Gasteiger partial charge in [0.2, 0.25) is 11.8 Å². The van der Waals surface area contributed by atoms with E-state index in [1.807, 2.05) is 6.92 Å². The van der Waals surface area contributed by atoms with Crippen LogP contribution in [-0.2, 0) is 9.59 Å². The van der Waals surface area contributed by atoms with Crippen molar-refractivity contribution < 1.29 is 9.59 Å². The zero-order chi connectivity index (χ0) is 14.7. The van der Waals surface area contributed by atoms with Crippen molar-refractivity contribution in [2.24, 2.45) is 11.8 Å². The van der Waals surface area contributed by atoms with Crippen molar-refractivity contribution in [3.8, 4) is 0 Å². The highest BCUT2D eigenvalue weighted by Crippen LogP contribution is 2.37. The molecule has 0 spiro atoms. The molecule has 1 aromatic rings. The summed E-state index contributed by atoms with van der Waals surface area (Å²) in [5.41, 5.74) is 0.571. The van der Waals surface area contributed by atoms with Crippen LogP contribution in [-0.4, -0.2) is 18.4 Å². The van der Waals surface area contributed by atoms with Crippen molar-refractivity contribution in [3.05, 3.63) is 27.7 Å². The lowest BCUT2D eigenvalue weighted by Crippen LogP contribution is -2.29. The van der Waals surface area contributed by atoms with E-state index in [1.165, 1.54) is 0 Å². The first-order valence-electron chi connectivity index (χ1n) is 6.50. The maximum Gasteiger partial charge on any atom is 0.226 e. The Kier molecular flexibility index (Phi) is 5.05. The van der Waals surface area contributed by atoms with E-state index in [0.717, 1.165) is 10.9 Å². The Morgan fingerprint density at radius 2 is 2.15 bits per heavy atom. The number of nitrogens with one attached hydrogen (secondary N) is 2. The molecule has 0 heterocycles. The third kappa shape index (κ3) is 4.21. The minimum atomic E-state index is -0.168. The molecule has 6 heteroatoms. The number of carbonyl (C=O) groups is 2. The summed E-state index contributed by atoms with van der Waals surface area (Å²) in [6, 6.07) is 5.25. The van der Waals surface area contributed by atoms with Crippen LogP contribution in [0.4, 0.5) is 5.69 Å². The number of hydrogen-bond donors (Lipinski definition) is 2. The molecule has 1 fully saturated rings. The molecule has 108 valence electrons. The van der Waals surface area contributed by atoms with Crippen molar-refractivity contribution in [3.63, 3.8) is 0 Å². The SMILES string of the molecule is CC1CC1C(=O)NCCC(=O)Nc1ccc(Br)cc1Cl. The molecule has 0 radical (unpaired) electrons. The van der Waals surface area contributed by atoms with Gasteiger partial charge in [0.15, 0.2) is 0 Å². The maximum atomic E-state index is 11.7. The van der Waals surface area contributed by atoms with E-state index in [0.29, 0.717) is 23.2 Å². The normalized spacial score (nSPS) is 20.4. The van der Waals surface area contributed by atoms with Gasteiger partial charge in [0.05, 0.1) is 10.7 Å². The number of rotatable bonds is 5. The largest absolute Gasteiger partial charge is 0.355 e. The average molecular weight is 360 g/mol. The maximum absolute atomic E-state index is 11.7. The van der Waals surface area contributed by atoms with Gasteiger partial charge in [0.25, 0.3) is 0 Å². The van der Waals surface area contributed by atoms with Crippen LogP contribution < -0.4 is 10.6 Å². The Hall–Kier alpha value is -1.07. The highest BCUT2D eigenvalue weighted by molar-refractivity contribution is 9.10. The number of halogens is 2. The van der Waals surface area contributed by atoms with Crippen molar-refractivity contribution in [2.45, 2.75) is 19.8 Å². The van der Waals surface area contributed by atoms with Gasteiger partial charge in [-0.3, -0.25) is 9.59 Å². The summed E-state index contributed by atoms with van der Waals surface area (Å²) < 4.78 is 0.853. The van der Waals surface area contributed by atoms with E-state index in [4.69, 9.17) is 11.6 Å². The third-order valence-electron chi connectivity index (χ3n) is 3.30. The Labute approximate surface area is 131 Å². The van der Waals surface area contributed by atoms with Gasteiger partial charge in [-0.05, 0) is 30.5 Å². The molecule has 0 saturated heterocycles. The molecule has 4 nitrogen and oxygen atoms in total. The van der Waals surface area contributed by atoms with E-state index in [-0.39, 0.29) is 24.2 Å². The first-order valence-corrected chi connectivity index (χ1v) is 7.67. The van der Waals surface area contributed by atoms with Crippen LogP contribution in [0.1, 0.15) is 19.8 Å². The van der Waals surface area contributed by atoms with E-state index in [9.17, 15) is 9.59 Å². The summed E-state index contributed by atoms with van der Waals surface area (Å²) in [6.07, 6.45) is 1.19. The topological polar surface area (TPSA) is 58.2 Å². The molecular weight excluding hydrogens is 344 g/mol. The van der Waals surface area contributed by atoms with Gasteiger partial charge in [-0.2, -0.15) is 0 Å². The summed E-state index contributed by atoms with van der Waals surface area (Å²) in [4.78, 5) is 23.3. The molecule has 2 amide bonds. The summed E-state index contributed by atoms with van der Waals surface area (Å²) in [5.74, 6) is 0.495. The number of carbonyl (C=O) groups excluding carboxylic acids is 2. The lowest BCUT2D eigenvalue weighted by molar-refractivity contribution is -0.122. The van der Waals surface area contributed by atoms with Gasteiger partial charge in [-0.25, -0.2) is 0 Å². The Balaban J connectivity index is 1.73. The molecule has 0 bridgehead atoms. The lowest BCUT2D eigenvalue weighted by Gasteiger charge is -2.08. The van der Waals surface area contributed by atoms with Crippen molar-refractivity contribution in [2.75, 3.05) is 11.9 Å². The standard InChI is InChI=1S/C14H16BrClN2O2/c1-8-6-10(8)14(20)17-5-4-13(19)18-12-3-2-9(15)7-11(12)16/h2-3,7-8,10H,4-6H2,1H3,(H,17,20)(H,18,19). The van der Waals surface area contributed by atoms with Gasteiger partial charge in [0, 0.05) is 23.4 Å². The molecule has 2 unspecified atom stereocenters. The van der Waals surface area contributed by atoms with Crippen molar-refractivity contribution >= 4 is 45.0 Å². The fourth-order valence-corrected chi connectivity index (χ4v) is 2.64. The minimum absolute atomic E-state index is 0.0481. The van der Waals surface area contributed by atoms with Gasteiger partial charge < -0.3 is 10.6 Å². The van der Waals surface area contributed by atoms with Crippen LogP contribution in [0.5, 0.6) is 0 Å². The van der Waals surface area contributed by atoms with Crippen LogP contribution in [0, 0.1) is 11.8 Å². The first kappa shape index (κ1) is 15.3. The molecule has 0 aliphatic heterocycles. The molecule has 1 aliphatic rings. The Morgan fingerprint density at radius 1 is 1.45 bits per heavy atom.